The van der Waals surface area contributed by atoms with Gasteiger partial charge in [0.1, 0.15) is 0 Å². The summed E-state index contributed by atoms with van der Waals surface area (Å²) in [6, 6.07) is 7.68. The van der Waals surface area contributed by atoms with E-state index in [1.165, 1.54) is 12.1 Å². The number of aliphatic hydroxyl groups is 1. The van der Waals surface area contributed by atoms with Gasteiger partial charge in [-0.15, -0.1) is 0 Å². The number of hydrogen-bond acceptors (Lipinski definition) is 5. The van der Waals surface area contributed by atoms with E-state index in [1.807, 2.05) is 0 Å². The summed E-state index contributed by atoms with van der Waals surface area (Å²) < 4.78 is 4.38. The summed E-state index contributed by atoms with van der Waals surface area (Å²) in [5, 5.41) is 20.5. The lowest BCUT2D eigenvalue weighted by molar-refractivity contribution is -0.499. The van der Waals surface area contributed by atoms with Crippen LogP contribution in [0.2, 0.25) is 0 Å². The smallest absolute Gasteiger partial charge is 0.349 e. The molecule has 0 radical (unpaired) electrons. The molecule has 0 aliphatic heterocycles. The van der Waals surface area contributed by atoms with Crippen LogP contribution in [0, 0.1) is 10.1 Å². The van der Waals surface area contributed by atoms with Crippen molar-refractivity contribution in [1.82, 2.24) is 0 Å². The van der Waals surface area contributed by atoms with E-state index in [2.05, 4.69) is 4.74 Å². The first-order valence-electron chi connectivity index (χ1n) is 4.49. The summed E-state index contributed by atoms with van der Waals surface area (Å²) in [7, 11) is 1.07. The molecule has 0 spiro atoms. The van der Waals surface area contributed by atoms with E-state index < -0.39 is 23.0 Å². The fourth-order valence-corrected chi connectivity index (χ4v) is 1.34. The van der Waals surface area contributed by atoms with Gasteiger partial charge in [-0.25, -0.2) is 4.79 Å². The molecule has 0 saturated heterocycles. The van der Waals surface area contributed by atoms with Crippen molar-refractivity contribution in [1.29, 1.82) is 0 Å². The molecule has 1 atom stereocenters. The average Bonchev–Trinajstić information content (AvgIpc) is 2.28. The van der Waals surface area contributed by atoms with Crippen molar-refractivity contribution < 1.29 is 19.6 Å². The maximum absolute atomic E-state index is 11.4. The third kappa shape index (κ3) is 2.34. The van der Waals surface area contributed by atoms with Crippen molar-refractivity contribution in [2.75, 3.05) is 13.7 Å². The first-order chi connectivity index (χ1) is 7.50. The van der Waals surface area contributed by atoms with E-state index >= 15 is 0 Å². The van der Waals surface area contributed by atoms with Crippen LogP contribution in [0.3, 0.4) is 0 Å². The Kier molecular flexibility index (Phi) is 3.57. The normalized spacial score (nSPS) is 13.9. The van der Waals surface area contributed by atoms with Crippen molar-refractivity contribution >= 4 is 5.97 Å². The number of carbonyl (C=O) groups is 1. The zero-order valence-corrected chi connectivity index (χ0v) is 8.62. The third-order valence-electron chi connectivity index (χ3n) is 2.13. The Morgan fingerprint density at radius 3 is 2.50 bits per heavy atom. The van der Waals surface area contributed by atoms with Gasteiger partial charge >= 0.3 is 5.97 Å². The van der Waals surface area contributed by atoms with Gasteiger partial charge in [-0.3, -0.25) is 10.1 Å². The molecule has 86 valence electrons. The van der Waals surface area contributed by atoms with Gasteiger partial charge in [-0.05, 0) is 0 Å². The minimum Gasteiger partial charge on any atom is -0.466 e. The molecule has 0 aliphatic rings. The van der Waals surface area contributed by atoms with Crippen molar-refractivity contribution in [2.24, 2.45) is 0 Å². The van der Waals surface area contributed by atoms with Crippen LogP contribution < -0.4 is 0 Å². The summed E-state index contributed by atoms with van der Waals surface area (Å²) in [6.07, 6.45) is 0. The molecule has 0 bridgehead atoms. The van der Waals surface area contributed by atoms with Gasteiger partial charge in [0.2, 0.25) is 6.54 Å². The molecule has 1 N–H and O–H groups in total. The fourth-order valence-electron chi connectivity index (χ4n) is 1.34. The maximum atomic E-state index is 11.4. The summed E-state index contributed by atoms with van der Waals surface area (Å²) >= 11 is 0. The number of benzene rings is 1. The predicted octanol–water partition coefficient (Wildman–Crippen LogP) is 0.324. The highest BCUT2D eigenvalue weighted by Crippen LogP contribution is 2.22. The SMILES string of the molecule is COC(=O)C(O)(C[N+](=O)[O-])c1ccccc1. The van der Waals surface area contributed by atoms with Gasteiger partial charge < -0.3 is 9.84 Å². The van der Waals surface area contributed by atoms with Gasteiger partial charge in [-0.1, -0.05) is 30.3 Å². The van der Waals surface area contributed by atoms with Crippen LogP contribution in [0.1, 0.15) is 5.56 Å². The van der Waals surface area contributed by atoms with Gasteiger partial charge in [0.25, 0.3) is 5.60 Å². The van der Waals surface area contributed by atoms with E-state index in [4.69, 9.17) is 0 Å². The molecule has 16 heavy (non-hydrogen) atoms. The standard InChI is InChI=1S/C10H11NO5/c1-16-9(12)10(13,7-11(14)15)8-5-3-2-4-6-8/h2-6,13H,7H2,1H3. The topological polar surface area (TPSA) is 89.7 Å². The molecule has 0 fully saturated rings. The molecule has 0 aliphatic carbocycles. The molecule has 6 nitrogen and oxygen atoms in total. The van der Waals surface area contributed by atoms with E-state index in [1.54, 1.807) is 18.2 Å². The van der Waals surface area contributed by atoms with E-state index in [-0.39, 0.29) is 5.56 Å². The zero-order valence-electron chi connectivity index (χ0n) is 8.62. The number of hydrogen-bond donors (Lipinski definition) is 1. The van der Waals surface area contributed by atoms with Crippen molar-refractivity contribution in [2.45, 2.75) is 5.60 Å². The number of carbonyl (C=O) groups excluding carboxylic acids is 1. The number of esters is 1. The Morgan fingerprint density at radius 1 is 1.50 bits per heavy atom. The van der Waals surface area contributed by atoms with Crippen LogP contribution in [0.25, 0.3) is 0 Å². The Balaban J connectivity index is 3.14. The highest BCUT2D eigenvalue weighted by molar-refractivity contribution is 5.81. The van der Waals surface area contributed by atoms with E-state index in [0.717, 1.165) is 7.11 Å². The van der Waals surface area contributed by atoms with Crippen molar-refractivity contribution in [3.8, 4) is 0 Å². The highest BCUT2D eigenvalue weighted by Gasteiger charge is 2.44. The molecule has 1 aromatic carbocycles. The number of nitrogens with zero attached hydrogens (tertiary/aromatic N) is 1. The molecule has 0 saturated carbocycles. The summed E-state index contributed by atoms with van der Waals surface area (Å²) in [5.74, 6) is -1.05. The largest absolute Gasteiger partial charge is 0.466 e. The zero-order chi connectivity index (χ0) is 12.2. The maximum Gasteiger partial charge on any atom is 0.349 e. The van der Waals surface area contributed by atoms with Crippen LogP contribution in [0.4, 0.5) is 0 Å². The molecule has 1 rings (SSSR count). The molecule has 1 aromatic rings. The van der Waals surface area contributed by atoms with Crippen LogP contribution in [-0.2, 0) is 15.1 Å². The number of ether oxygens (including phenoxy) is 1. The summed E-state index contributed by atoms with van der Waals surface area (Å²) in [5.41, 5.74) is -2.10. The molecule has 0 aromatic heterocycles. The number of rotatable bonds is 4. The first kappa shape index (κ1) is 12.1. The van der Waals surface area contributed by atoms with Crippen LogP contribution in [-0.4, -0.2) is 29.7 Å². The first-order valence-corrected chi connectivity index (χ1v) is 4.49. The second-order valence-electron chi connectivity index (χ2n) is 3.21. The van der Waals surface area contributed by atoms with Crippen molar-refractivity contribution in [3.63, 3.8) is 0 Å². The number of nitro groups is 1. The predicted molar refractivity (Wildman–Crippen MR) is 54.2 cm³/mol. The minimum atomic E-state index is -2.24. The van der Waals surface area contributed by atoms with E-state index in [9.17, 15) is 20.0 Å². The Hall–Kier alpha value is -1.95. The Bertz CT molecular complexity index is 391. The van der Waals surface area contributed by atoms with Gasteiger partial charge in [0.05, 0.1) is 7.11 Å². The second-order valence-corrected chi connectivity index (χ2v) is 3.21. The van der Waals surface area contributed by atoms with Crippen molar-refractivity contribution in [3.05, 3.63) is 46.0 Å². The third-order valence-corrected chi connectivity index (χ3v) is 2.13. The summed E-state index contributed by atoms with van der Waals surface area (Å²) in [4.78, 5) is 21.1. The van der Waals surface area contributed by atoms with Crippen LogP contribution in [0.5, 0.6) is 0 Å². The minimum absolute atomic E-state index is 0.138. The summed E-state index contributed by atoms with van der Waals surface area (Å²) in [6.45, 7) is -0.927. The molecule has 0 amide bonds. The van der Waals surface area contributed by atoms with E-state index in [0.29, 0.717) is 0 Å². The second kappa shape index (κ2) is 4.71. The Labute approximate surface area is 91.6 Å². The molecular formula is C10H11NO5. The molecule has 1 unspecified atom stereocenters. The van der Waals surface area contributed by atoms with Gasteiger partial charge in [0.15, 0.2) is 0 Å². The van der Waals surface area contributed by atoms with Gasteiger partial charge in [0, 0.05) is 10.5 Å². The Morgan fingerprint density at radius 2 is 2.06 bits per heavy atom. The monoisotopic (exact) mass is 225 g/mol. The fraction of sp³-hybridized carbons (Fsp3) is 0.300. The average molecular weight is 225 g/mol. The molecule has 6 heteroatoms. The highest BCUT2D eigenvalue weighted by atomic mass is 16.6. The lowest BCUT2D eigenvalue weighted by Gasteiger charge is -2.21. The van der Waals surface area contributed by atoms with Crippen LogP contribution in [0.15, 0.2) is 30.3 Å². The molecule has 0 heterocycles. The van der Waals surface area contributed by atoms with Gasteiger partial charge in [-0.2, -0.15) is 0 Å². The van der Waals surface area contributed by atoms with Crippen LogP contribution >= 0.6 is 0 Å². The molecular weight excluding hydrogens is 214 g/mol. The lowest BCUT2D eigenvalue weighted by atomic mass is 9.94. The quantitative estimate of drug-likeness (QED) is 0.453. The number of methoxy groups -OCH3 is 1. The lowest BCUT2D eigenvalue weighted by Crippen LogP contribution is -2.43.